The molecule has 0 radical (unpaired) electrons. The predicted molar refractivity (Wildman–Crippen MR) is 230 cm³/mol. The van der Waals surface area contributed by atoms with Gasteiger partial charge in [-0.3, -0.25) is 9.35 Å². The zero-order valence-corrected chi connectivity index (χ0v) is 36.2. The first kappa shape index (κ1) is 52.1. The van der Waals surface area contributed by atoms with Crippen LogP contribution in [0.15, 0.2) is 12.2 Å². The van der Waals surface area contributed by atoms with E-state index in [-0.39, 0.29) is 5.91 Å². The topological polar surface area (TPSA) is 104 Å². The summed E-state index contributed by atoms with van der Waals surface area (Å²) >= 11 is 0. The Balaban J connectivity index is 3.81. The van der Waals surface area contributed by atoms with Gasteiger partial charge in [-0.05, 0) is 19.3 Å². The third-order valence-corrected chi connectivity index (χ3v) is 11.7. The first-order valence-corrected chi connectivity index (χ1v) is 25.0. The Bertz CT molecular complexity index is 892. The normalized spacial score (nSPS) is 13.2. The lowest BCUT2D eigenvalue weighted by Gasteiger charge is -2.21. The number of aliphatic hydroxyl groups excluding tert-OH is 1. The molecule has 0 aromatic rings. The third kappa shape index (κ3) is 42.1. The number of amides is 1. The van der Waals surface area contributed by atoms with Crippen molar-refractivity contribution in [2.75, 3.05) is 5.75 Å². The van der Waals surface area contributed by atoms with E-state index in [4.69, 9.17) is 0 Å². The molecule has 0 rings (SSSR count). The van der Waals surface area contributed by atoms with Gasteiger partial charge < -0.3 is 10.4 Å². The quantitative estimate of drug-likeness (QED) is 0.0325. The average molecular weight is 770 g/mol. The van der Waals surface area contributed by atoms with Gasteiger partial charge >= 0.3 is 0 Å². The van der Waals surface area contributed by atoms with Crippen LogP contribution in [-0.4, -0.2) is 41.9 Å². The molecule has 3 N–H and O–H groups in total. The van der Waals surface area contributed by atoms with Crippen LogP contribution in [0.25, 0.3) is 0 Å². The molecule has 0 fully saturated rings. The molecule has 0 bridgehead atoms. The Morgan fingerprint density at radius 3 is 1.08 bits per heavy atom. The van der Waals surface area contributed by atoms with Crippen LogP contribution in [0.1, 0.15) is 258 Å². The molecule has 1 amide bonds. The minimum Gasteiger partial charge on any atom is -0.387 e. The average Bonchev–Trinajstić information content (AvgIpc) is 3.12. The van der Waals surface area contributed by atoms with Crippen molar-refractivity contribution in [3.05, 3.63) is 12.2 Å². The summed E-state index contributed by atoms with van der Waals surface area (Å²) in [5, 5.41) is 13.3. The number of nitrogens with one attached hydrogen (secondary N) is 1. The Morgan fingerprint density at radius 1 is 0.491 bits per heavy atom. The first-order valence-electron chi connectivity index (χ1n) is 23.4. The van der Waals surface area contributed by atoms with Crippen LogP contribution in [0.2, 0.25) is 0 Å². The zero-order chi connectivity index (χ0) is 38.9. The lowest BCUT2D eigenvalue weighted by atomic mass is 10.0. The maximum absolute atomic E-state index is 12.5. The van der Waals surface area contributed by atoms with Crippen LogP contribution in [0, 0.1) is 0 Å². The van der Waals surface area contributed by atoms with Gasteiger partial charge in [0.1, 0.15) is 0 Å². The zero-order valence-electron chi connectivity index (χ0n) is 35.4. The highest BCUT2D eigenvalue weighted by Crippen LogP contribution is 2.17. The van der Waals surface area contributed by atoms with Gasteiger partial charge in [-0.15, -0.1) is 0 Å². The molecular formula is C46H91NO5S. The van der Waals surface area contributed by atoms with E-state index < -0.39 is 28.0 Å². The van der Waals surface area contributed by atoms with Crippen molar-refractivity contribution < 1.29 is 22.9 Å². The molecule has 316 valence electrons. The van der Waals surface area contributed by atoms with Crippen LogP contribution >= 0.6 is 0 Å². The number of hydrogen-bond donors (Lipinski definition) is 3. The Hall–Kier alpha value is -0.920. The number of carbonyl (C=O) groups is 1. The van der Waals surface area contributed by atoms with E-state index in [1.165, 1.54) is 199 Å². The number of hydrogen-bond acceptors (Lipinski definition) is 4. The molecule has 0 heterocycles. The smallest absolute Gasteiger partial charge is 0.267 e. The van der Waals surface area contributed by atoms with Crippen LogP contribution in [0.5, 0.6) is 0 Å². The summed E-state index contributed by atoms with van der Waals surface area (Å²) in [6, 6.07) is -1.05. The Kier molecular flexibility index (Phi) is 40.0. The number of unbranched alkanes of at least 4 members (excludes halogenated alkanes) is 35. The summed E-state index contributed by atoms with van der Waals surface area (Å²) < 4.78 is 32.6. The summed E-state index contributed by atoms with van der Waals surface area (Å²) in [4.78, 5) is 12.5. The molecule has 0 saturated heterocycles. The minimum absolute atomic E-state index is 0.272. The second-order valence-corrected chi connectivity index (χ2v) is 17.9. The molecule has 53 heavy (non-hydrogen) atoms. The molecule has 0 aromatic heterocycles. The van der Waals surface area contributed by atoms with E-state index >= 15 is 0 Å². The van der Waals surface area contributed by atoms with E-state index in [2.05, 4.69) is 19.2 Å². The summed E-state index contributed by atoms with van der Waals surface area (Å²) in [5.41, 5.74) is 0. The molecular weight excluding hydrogens is 679 g/mol. The summed E-state index contributed by atoms with van der Waals surface area (Å²) in [5.74, 6) is -0.964. The van der Waals surface area contributed by atoms with Crippen molar-refractivity contribution in [3.8, 4) is 0 Å². The van der Waals surface area contributed by atoms with Gasteiger partial charge in [-0.2, -0.15) is 8.42 Å². The van der Waals surface area contributed by atoms with Gasteiger partial charge in [-0.1, -0.05) is 244 Å². The van der Waals surface area contributed by atoms with Crippen LogP contribution < -0.4 is 5.32 Å². The van der Waals surface area contributed by atoms with E-state index in [9.17, 15) is 22.9 Å². The monoisotopic (exact) mass is 770 g/mol. The third-order valence-electron chi connectivity index (χ3n) is 11.0. The SMILES string of the molecule is CCCCCCCCCCCCCCCCCCCCC/C=C/C(O)C(CS(=O)(=O)O)NC(=O)CCCCCCCCCCCCCCCCCCC. The molecule has 0 aliphatic rings. The molecule has 0 aliphatic heterocycles. The van der Waals surface area contributed by atoms with Crippen molar-refractivity contribution in [3.63, 3.8) is 0 Å². The van der Waals surface area contributed by atoms with Crippen LogP contribution in [-0.2, 0) is 14.9 Å². The maximum atomic E-state index is 12.5. The first-order chi connectivity index (χ1) is 25.8. The summed E-state index contributed by atoms with van der Waals surface area (Å²) in [7, 11) is -4.34. The molecule has 6 nitrogen and oxygen atoms in total. The Labute approximate surface area is 331 Å². The Morgan fingerprint density at radius 2 is 0.774 bits per heavy atom. The predicted octanol–water partition coefficient (Wildman–Crippen LogP) is 14.1. The van der Waals surface area contributed by atoms with Gasteiger partial charge in [0.2, 0.25) is 5.91 Å². The van der Waals surface area contributed by atoms with Crippen molar-refractivity contribution in [1.29, 1.82) is 0 Å². The number of allylic oxidation sites excluding steroid dienone is 1. The van der Waals surface area contributed by atoms with Crippen molar-refractivity contribution >= 4 is 16.0 Å². The van der Waals surface area contributed by atoms with E-state index in [1.54, 1.807) is 6.08 Å². The molecule has 0 spiro atoms. The standard InChI is InChI=1S/C46H91NO5S/c1-3-5-7-9-11-13-15-17-19-21-22-23-24-26-27-29-31-33-35-37-39-41-45(48)44(43-53(50,51)52)47-46(49)42-40-38-36-34-32-30-28-25-20-18-16-14-12-10-8-6-4-2/h39,41,44-45,48H,3-38,40,42-43H2,1-2H3,(H,47,49)(H,50,51,52)/b41-39+. The van der Waals surface area contributed by atoms with Gasteiger partial charge in [-0.25, -0.2) is 0 Å². The highest BCUT2D eigenvalue weighted by atomic mass is 32.2. The lowest BCUT2D eigenvalue weighted by molar-refractivity contribution is -0.122. The number of rotatable bonds is 43. The van der Waals surface area contributed by atoms with Crippen molar-refractivity contribution in [1.82, 2.24) is 5.32 Å². The molecule has 0 aromatic carbocycles. The molecule has 0 saturated carbocycles. The lowest BCUT2D eigenvalue weighted by Crippen LogP contribution is -2.46. The van der Waals surface area contributed by atoms with Gasteiger partial charge in [0.05, 0.1) is 17.9 Å². The summed E-state index contributed by atoms with van der Waals surface area (Å²) in [6.07, 6.45) is 50.6. The molecule has 2 unspecified atom stereocenters. The second-order valence-electron chi connectivity index (χ2n) is 16.4. The van der Waals surface area contributed by atoms with E-state index in [1.807, 2.05) is 6.08 Å². The summed E-state index contributed by atoms with van der Waals surface area (Å²) in [6.45, 7) is 4.55. The van der Waals surface area contributed by atoms with Gasteiger partial charge in [0.15, 0.2) is 0 Å². The molecule has 0 aliphatic carbocycles. The maximum Gasteiger partial charge on any atom is 0.267 e. The molecule has 2 atom stereocenters. The van der Waals surface area contributed by atoms with Gasteiger partial charge in [0.25, 0.3) is 10.1 Å². The fourth-order valence-corrected chi connectivity index (χ4v) is 8.19. The van der Waals surface area contributed by atoms with Crippen molar-refractivity contribution in [2.24, 2.45) is 0 Å². The highest BCUT2D eigenvalue weighted by molar-refractivity contribution is 7.85. The van der Waals surface area contributed by atoms with Gasteiger partial charge in [0, 0.05) is 6.42 Å². The fraction of sp³-hybridized carbons (Fsp3) is 0.935. The number of carbonyl (C=O) groups excluding carboxylic acids is 1. The van der Waals surface area contributed by atoms with E-state index in [0.717, 1.165) is 38.5 Å². The minimum atomic E-state index is -4.34. The fourth-order valence-electron chi connectivity index (χ4n) is 7.45. The van der Waals surface area contributed by atoms with Crippen LogP contribution in [0.3, 0.4) is 0 Å². The number of aliphatic hydroxyl groups is 1. The van der Waals surface area contributed by atoms with Crippen LogP contribution in [0.4, 0.5) is 0 Å². The van der Waals surface area contributed by atoms with Crippen molar-refractivity contribution in [2.45, 2.75) is 270 Å². The second kappa shape index (κ2) is 40.7. The molecule has 7 heteroatoms. The highest BCUT2D eigenvalue weighted by Gasteiger charge is 2.24. The van der Waals surface area contributed by atoms with E-state index in [0.29, 0.717) is 6.42 Å². The largest absolute Gasteiger partial charge is 0.387 e.